The number of hydrogen-bond donors (Lipinski definition) is 3. The van der Waals surface area contributed by atoms with Crippen molar-refractivity contribution in [2.24, 2.45) is 5.92 Å². The van der Waals surface area contributed by atoms with Crippen molar-refractivity contribution in [2.75, 3.05) is 18.5 Å². The fourth-order valence-electron chi connectivity index (χ4n) is 3.14. The Bertz CT molecular complexity index is 575. The topological polar surface area (TPSA) is 61.4 Å². The molecule has 2 rings (SSSR count). The highest BCUT2D eigenvalue weighted by molar-refractivity contribution is 5.97. The maximum atomic E-state index is 12.9. The second-order valence-corrected chi connectivity index (χ2v) is 6.20. The number of alkyl halides is 3. The van der Waals surface area contributed by atoms with Crippen LogP contribution >= 0.6 is 0 Å². The largest absolute Gasteiger partial charge is 0.395 e. The number of hydrogen-bond acceptors (Lipinski definition) is 3. The van der Waals surface area contributed by atoms with Gasteiger partial charge in [-0.05, 0) is 43.9 Å². The summed E-state index contributed by atoms with van der Waals surface area (Å²) in [6.07, 6.45) is -2.68. The summed E-state index contributed by atoms with van der Waals surface area (Å²) in [5.41, 5.74) is 1.83. The van der Waals surface area contributed by atoms with Gasteiger partial charge in [-0.15, -0.1) is 0 Å². The Morgan fingerprint density at radius 2 is 2.08 bits per heavy atom. The first-order valence-electron chi connectivity index (χ1n) is 8.15. The Morgan fingerprint density at radius 1 is 1.33 bits per heavy atom. The maximum absolute atomic E-state index is 12.9. The van der Waals surface area contributed by atoms with Crippen LogP contribution in [0.15, 0.2) is 18.2 Å². The monoisotopic (exact) mass is 344 g/mol. The molecule has 0 bridgehead atoms. The van der Waals surface area contributed by atoms with Crippen molar-refractivity contribution in [3.8, 4) is 0 Å². The minimum atomic E-state index is -4.15. The smallest absolute Gasteiger partial charge is 0.391 e. The van der Waals surface area contributed by atoms with Crippen LogP contribution < -0.4 is 10.6 Å². The van der Waals surface area contributed by atoms with Gasteiger partial charge in [0.25, 0.3) is 5.91 Å². The van der Waals surface area contributed by atoms with E-state index in [-0.39, 0.29) is 37.9 Å². The molecule has 2 atom stereocenters. The highest BCUT2D eigenvalue weighted by atomic mass is 19.4. The molecule has 4 nitrogen and oxygen atoms in total. The second kappa shape index (κ2) is 7.88. The van der Waals surface area contributed by atoms with Gasteiger partial charge in [0.05, 0.1) is 12.5 Å². The highest BCUT2D eigenvalue weighted by Crippen LogP contribution is 2.38. The second-order valence-electron chi connectivity index (χ2n) is 6.20. The molecule has 1 amide bonds. The standard InChI is InChI=1S/C17H23F3N2O2/c1-11-14(16(24)21-8-9-23)6-3-7-15(11)22-13-5-2-4-12(10-13)17(18,19)20/h3,6-7,12-13,22-23H,2,4-5,8-10H2,1H3,(H,21,24). The minimum Gasteiger partial charge on any atom is -0.395 e. The first kappa shape index (κ1) is 18.6. The number of amides is 1. The van der Waals surface area contributed by atoms with Crippen LogP contribution in [-0.2, 0) is 0 Å². The summed E-state index contributed by atoms with van der Waals surface area (Å²) in [6.45, 7) is 1.77. The molecule has 1 saturated carbocycles. The van der Waals surface area contributed by atoms with E-state index in [0.717, 1.165) is 0 Å². The number of benzene rings is 1. The van der Waals surface area contributed by atoms with E-state index in [2.05, 4.69) is 10.6 Å². The molecule has 1 aliphatic carbocycles. The normalized spacial score (nSPS) is 21.4. The van der Waals surface area contributed by atoms with E-state index in [4.69, 9.17) is 5.11 Å². The van der Waals surface area contributed by atoms with Gasteiger partial charge in [0.15, 0.2) is 0 Å². The lowest BCUT2D eigenvalue weighted by Gasteiger charge is -2.32. The van der Waals surface area contributed by atoms with Gasteiger partial charge >= 0.3 is 6.18 Å². The van der Waals surface area contributed by atoms with Gasteiger partial charge in [-0.1, -0.05) is 12.5 Å². The highest BCUT2D eigenvalue weighted by Gasteiger charge is 2.42. The molecular formula is C17H23F3N2O2. The SMILES string of the molecule is Cc1c(NC2CCCC(C(F)(F)F)C2)cccc1C(=O)NCCO. The third kappa shape index (κ3) is 4.63. The summed E-state index contributed by atoms with van der Waals surface area (Å²) >= 11 is 0. The fraction of sp³-hybridized carbons (Fsp3) is 0.588. The molecule has 0 aliphatic heterocycles. The molecular weight excluding hydrogens is 321 g/mol. The number of carbonyl (C=O) groups excluding carboxylic acids is 1. The van der Waals surface area contributed by atoms with Crippen molar-refractivity contribution >= 4 is 11.6 Å². The molecule has 0 spiro atoms. The number of rotatable bonds is 5. The van der Waals surface area contributed by atoms with E-state index in [9.17, 15) is 18.0 Å². The average molecular weight is 344 g/mol. The number of aliphatic hydroxyl groups is 1. The van der Waals surface area contributed by atoms with Crippen molar-refractivity contribution in [1.29, 1.82) is 0 Å². The van der Waals surface area contributed by atoms with Crippen LogP contribution in [0.5, 0.6) is 0 Å². The summed E-state index contributed by atoms with van der Waals surface area (Å²) in [6, 6.07) is 4.88. The van der Waals surface area contributed by atoms with Crippen LogP contribution in [0, 0.1) is 12.8 Å². The molecule has 134 valence electrons. The first-order chi connectivity index (χ1) is 11.3. The Hall–Kier alpha value is -1.76. The summed E-state index contributed by atoms with van der Waals surface area (Å²) < 4.78 is 38.8. The van der Waals surface area contributed by atoms with E-state index in [1.54, 1.807) is 25.1 Å². The Morgan fingerprint density at radius 3 is 2.75 bits per heavy atom. The Balaban J connectivity index is 2.08. The van der Waals surface area contributed by atoms with Gasteiger partial charge in [0, 0.05) is 23.8 Å². The van der Waals surface area contributed by atoms with Gasteiger partial charge in [-0.2, -0.15) is 13.2 Å². The molecule has 1 aromatic carbocycles. The van der Waals surface area contributed by atoms with Crippen molar-refractivity contribution in [1.82, 2.24) is 5.32 Å². The van der Waals surface area contributed by atoms with Gasteiger partial charge < -0.3 is 15.7 Å². The number of anilines is 1. The lowest BCUT2D eigenvalue weighted by atomic mass is 9.85. The molecule has 1 aliphatic rings. The molecule has 1 aromatic rings. The van der Waals surface area contributed by atoms with Gasteiger partial charge in [0.1, 0.15) is 0 Å². The summed E-state index contributed by atoms with van der Waals surface area (Å²) in [7, 11) is 0. The van der Waals surface area contributed by atoms with Crippen molar-refractivity contribution in [3.63, 3.8) is 0 Å². The Kier molecular flexibility index (Phi) is 6.10. The zero-order valence-corrected chi connectivity index (χ0v) is 13.6. The molecule has 0 radical (unpaired) electrons. The van der Waals surface area contributed by atoms with Crippen molar-refractivity contribution in [2.45, 2.75) is 44.8 Å². The summed E-state index contributed by atoms with van der Waals surface area (Å²) in [5.74, 6) is -1.57. The molecule has 1 fully saturated rings. The van der Waals surface area contributed by atoms with Crippen LogP contribution in [-0.4, -0.2) is 36.4 Å². The van der Waals surface area contributed by atoms with Crippen LogP contribution in [0.4, 0.5) is 18.9 Å². The van der Waals surface area contributed by atoms with Crippen LogP contribution in [0.3, 0.4) is 0 Å². The molecule has 0 saturated heterocycles. The van der Waals surface area contributed by atoms with Gasteiger partial charge in [-0.3, -0.25) is 4.79 Å². The number of aliphatic hydroxyl groups excluding tert-OH is 1. The number of carbonyl (C=O) groups is 1. The van der Waals surface area contributed by atoms with E-state index in [1.807, 2.05) is 0 Å². The lowest BCUT2D eigenvalue weighted by Crippen LogP contribution is -2.35. The van der Waals surface area contributed by atoms with E-state index < -0.39 is 12.1 Å². The molecule has 7 heteroatoms. The quantitative estimate of drug-likeness (QED) is 0.768. The van der Waals surface area contributed by atoms with Crippen molar-refractivity contribution in [3.05, 3.63) is 29.3 Å². The molecule has 24 heavy (non-hydrogen) atoms. The predicted molar refractivity (Wildman–Crippen MR) is 86.0 cm³/mol. The third-order valence-electron chi connectivity index (χ3n) is 4.47. The van der Waals surface area contributed by atoms with Gasteiger partial charge in [0.2, 0.25) is 0 Å². The lowest BCUT2D eigenvalue weighted by molar-refractivity contribution is -0.182. The van der Waals surface area contributed by atoms with E-state index in [1.165, 1.54) is 0 Å². The molecule has 0 aromatic heterocycles. The van der Waals surface area contributed by atoms with Gasteiger partial charge in [-0.25, -0.2) is 0 Å². The zero-order chi connectivity index (χ0) is 17.7. The van der Waals surface area contributed by atoms with E-state index in [0.29, 0.717) is 29.7 Å². The Labute approximate surface area is 139 Å². The number of halogens is 3. The van der Waals surface area contributed by atoms with E-state index >= 15 is 0 Å². The minimum absolute atomic E-state index is 0.0594. The van der Waals surface area contributed by atoms with Crippen LogP contribution in [0.2, 0.25) is 0 Å². The molecule has 3 N–H and O–H groups in total. The molecule has 0 heterocycles. The first-order valence-corrected chi connectivity index (χ1v) is 8.15. The third-order valence-corrected chi connectivity index (χ3v) is 4.47. The summed E-state index contributed by atoms with van der Waals surface area (Å²) in [4.78, 5) is 12.1. The zero-order valence-electron chi connectivity index (χ0n) is 13.6. The van der Waals surface area contributed by atoms with Crippen LogP contribution in [0.25, 0.3) is 0 Å². The van der Waals surface area contributed by atoms with Crippen molar-refractivity contribution < 1.29 is 23.1 Å². The maximum Gasteiger partial charge on any atom is 0.391 e. The predicted octanol–water partition coefficient (Wildman–Crippen LogP) is 3.25. The average Bonchev–Trinajstić information content (AvgIpc) is 2.54. The van der Waals surface area contributed by atoms with Crippen LogP contribution in [0.1, 0.15) is 41.6 Å². The molecule has 2 unspecified atom stereocenters. The summed E-state index contributed by atoms with van der Waals surface area (Å²) in [5, 5.41) is 14.5. The number of nitrogens with one attached hydrogen (secondary N) is 2. The fourth-order valence-corrected chi connectivity index (χ4v) is 3.14.